The largest absolute Gasteiger partial charge is 0.432 e. The number of carbonyl (C=O) groups excluding carboxylic acids is 2. The minimum atomic E-state index is -3.08. The number of nitrogens with zero attached hydrogens (tertiary/aromatic N) is 5. The Labute approximate surface area is 333 Å². The Morgan fingerprint density at radius 3 is 2.40 bits per heavy atom. The summed E-state index contributed by atoms with van der Waals surface area (Å²) in [6.07, 6.45) is -7.55. The van der Waals surface area contributed by atoms with Crippen LogP contribution in [0.3, 0.4) is 0 Å². The van der Waals surface area contributed by atoms with Crippen molar-refractivity contribution in [2.45, 2.75) is 93.4 Å². The number of hydrogen-bond donors (Lipinski definition) is 7. The third kappa shape index (κ3) is 7.44. The van der Waals surface area contributed by atoms with Crippen LogP contribution >= 0.6 is 0 Å². The van der Waals surface area contributed by atoms with Crippen LogP contribution in [0, 0.1) is 16.0 Å². The summed E-state index contributed by atoms with van der Waals surface area (Å²) >= 11 is 0. The van der Waals surface area contributed by atoms with Gasteiger partial charge in [0, 0.05) is 47.6 Å². The molecular weight excluding hydrogens is 773 g/mol. The van der Waals surface area contributed by atoms with Crippen LogP contribution in [0.2, 0.25) is 18.6 Å². The van der Waals surface area contributed by atoms with Gasteiger partial charge in [-0.15, -0.1) is 5.10 Å². The van der Waals surface area contributed by atoms with Crippen LogP contribution in [0.5, 0.6) is 0 Å². The number of benzene rings is 3. The normalized spacial score (nSPS) is 28.8. The van der Waals surface area contributed by atoms with Gasteiger partial charge in [-0.1, -0.05) is 54.6 Å². The molecule has 1 spiro atoms. The molecule has 3 aromatic carbocycles. The van der Waals surface area contributed by atoms with E-state index in [-0.39, 0.29) is 30.4 Å². The Morgan fingerprint density at radius 2 is 1.74 bits per heavy atom. The zero-order valence-electron chi connectivity index (χ0n) is 31.9. The van der Waals surface area contributed by atoms with Gasteiger partial charge in [-0.3, -0.25) is 24.4 Å². The number of hydrogen-bond acceptors (Lipinski definition) is 14. The average Bonchev–Trinajstić information content (AvgIpc) is 3.85. The molecule has 10 atom stereocenters. The van der Waals surface area contributed by atoms with E-state index in [1.165, 1.54) is 35.2 Å². The van der Waals surface area contributed by atoms with Gasteiger partial charge in [0.25, 0.3) is 17.5 Å². The average molecular weight is 819 g/mol. The second kappa shape index (κ2) is 16.0. The van der Waals surface area contributed by atoms with Crippen molar-refractivity contribution >= 4 is 37.2 Å². The number of carbonyl (C=O) groups is 2. The maximum atomic E-state index is 14.9. The molecule has 7 N–H and O–H groups in total. The number of fused-ring (bicyclic) bond motifs is 2. The summed E-state index contributed by atoms with van der Waals surface area (Å²) in [7, 11) is -3.08. The molecule has 58 heavy (non-hydrogen) atoms. The van der Waals surface area contributed by atoms with Gasteiger partial charge < -0.3 is 50.0 Å². The van der Waals surface area contributed by atoms with Crippen molar-refractivity contribution < 1.29 is 54.3 Å². The molecule has 7 rings (SSSR count). The zero-order chi connectivity index (χ0) is 41.7. The monoisotopic (exact) mass is 818 g/mol. The first-order valence-electron chi connectivity index (χ1n) is 18.9. The van der Waals surface area contributed by atoms with Crippen LogP contribution in [0.25, 0.3) is 0 Å². The van der Waals surface area contributed by atoms with Crippen LogP contribution in [-0.4, -0.2) is 114 Å². The standard InChI is InChI=1S/C39H46N6O12Si/c1-21-35(58(2,3)55)30(15-16-43-19-28(41-42-43)26(20-46)23-7-5-4-6-8-23)57-39(21)27-17-25(45(53)54)13-14-29(27)44(38(39)52)18-22-9-11-24(12-10-22)40-36(50)34-32(48)31(47)33(49)37(51)56-34/h4-14,17,19,21,26,30-35,37,46-49,51,55H,15-16,18,20H2,1-3H3,(H,40,50)/t21-,26?,30+,31+,32+,33-,34+,35-,37-,39+/m1/s1. The molecule has 4 aromatic rings. The fraction of sp³-hybridized carbons (Fsp3) is 0.436. The van der Waals surface area contributed by atoms with Crippen LogP contribution in [0.4, 0.5) is 17.1 Å². The number of aliphatic hydroxyl groups excluding tert-OH is 5. The van der Waals surface area contributed by atoms with E-state index in [2.05, 4.69) is 15.6 Å². The number of nitro groups is 1. The van der Waals surface area contributed by atoms with E-state index in [0.29, 0.717) is 35.5 Å². The number of non-ortho nitro benzene ring substituents is 1. The number of amides is 2. The van der Waals surface area contributed by atoms with Crippen molar-refractivity contribution in [1.29, 1.82) is 0 Å². The molecule has 2 saturated heterocycles. The predicted octanol–water partition coefficient (Wildman–Crippen LogP) is 1.48. The second-order valence-corrected chi connectivity index (χ2v) is 19.6. The molecule has 0 saturated carbocycles. The molecule has 0 bridgehead atoms. The molecule has 4 heterocycles. The van der Waals surface area contributed by atoms with Crippen LogP contribution < -0.4 is 10.2 Å². The molecule has 3 aliphatic heterocycles. The molecule has 2 amide bonds. The Bertz CT molecular complexity index is 2150. The summed E-state index contributed by atoms with van der Waals surface area (Å²) in [5.74, 6) is -2.31. The topological polar surface area (TPSA) is 263 Å². The summed E-state index contributed by atoms with van der Waals surface area (Å²) in [5, 5.41) is 73.1. The lowest BCUT2D eigenvalue weighted by atomic mass is 9.82. The second-order valence-electron chi connectivity index (χ2n) is 15.7. The summed E-state index contributed by atoms with van der Waals surface area (Å²) < 4.78 is 13.5. The van der Waals surface area contributed by atoms with E-state index in [0.717, 1.165) is 5.56 Å². The quantitative estimate of drug-likeness (QED) is 0.0607. The molecular formula is C39H46N6O12Si. The van der Waals surface area contributed by atoms with E-state index < -0.39 is 78.9 Å². The van der Waals surface area contributed by atoms with Gasteiger partial charge in [0.1, 0.15) is 18.3 Å². The fourth-order valence-electron chi connectivity index (χ4n) is 8.67. The molecule has 308 valence electrons. The predicted molar refractivity (Wildman–Crippen MR) is 207 cm³/mol. The third-order valence-electron chi connectivity index (χ3n) is 11.5. The molecule has 1 aromatic heterocycles. The van der Waals surface area contributed by atoms with Gasteiger partial charge in [-0.05, 0) is 48.8 Å². The van der Waals surface area contributed by atoms with Crippen molar-refractivity contribution in [2.24, 2.45) is 5.92 Å². The molecule has 3 aliphatic rings. The lowest BCUT2D eigenvalue weighted by Gasteiger charge is -2.37. The highest BCUT2D eigenvalue weighted by Gasteiger charge is 2.66. The first-order valence-corrected chi connectivity index (χ1v) is 21.9. The maximum Gasteiger partial charge on any atom is 0.269 e. The minimum absolute atomic E-state index is 0.0148. The van der Waals surface area contributed by atoms with Crippen LogP contribution in [0.1, 0.15) is 41.6 Å². The van der Waals surface area contributed by atoms with Crippen molar-refractivity contribution in [3.05, 3.63) is 111 Å². The highest BCUT2D eigenvalue weighted by atomic mass is 28.4. The third-order valence-corrected chi connectivity index (χ3v) is 14.0. The Morgan fingerprint density at radius 1 is 1.03 bits per heavy atom. The minimum Gasteiger partial charge on any atom is -0.432 e. The number of rotatable bonds is 12. The molecule has 0 radical (unpaired) electrons. The highest BCUT2D eigenvalue weighted by molar-refractivity contribution is 6.71. The number of ether oxygens (including phenoxy) is 2. The Hall–Kier alpha value is -4.96. The van der Waals surface area contributed by atoms with Gasteiger partial charge >= 0.3 is 0 Å². The van der Waals surface area contributed by atoms with E-state index in [1.54, 1.807) is 36.1 Å². The van der Waals surface area contributed by atoms with Crippen LogP contribution in [0.15, 0.2) is 79.0 Å². The van der Waals surface area contributed by atoms with E-state index in [1.807, 2.05) is 37.3 Å². The maximum absolute atomic E-state index is 14.9. The van der Waals surface area contributed by atoms with Crippen molar-refractivity contribution in [1.82, 2.24) is 15.0 Å². The highest BCUT2D eigenvalue weighted by Crippen LogP contribution is 2.60. The van der Waals surface area contributed by atoms with Gasteiger partial charge in [0.05, 0.1) is 41.5 Å². The number of aromatic nitrogens is 3. The number of aryl methyl sites for hydroxylation is 1. The van der Waals surface area contributed by atoms with Crippen molar-refractivity contribution in [2.75, 3.05) is 16.8 Å². The Kier molecular flexibility index (Phi) is 11.4. The van der Waals surface area contributed by atoms with Gasteiger partial charge in [-0.2, -0.15) is 0 Å². The van der Waals surface area contributed by atoms with Crippen molar-refractivity contribution in [3.8, 4) is 0 Å². The van der Waals surface area contributed by atoms with Gasteiger partial charge in [0.15, 0.2) is 26.3 Å². The molecule has 0 aliphatic carbocycles. The van der Waals surface area contributed by atoms with E-state index >= 15 is 0 Å². The first-order chi connectivity index (χ1) is 27.5. The zero-order valence-corrected chi connectivity index (χ0v) is 32.9. The number of anilines is 2. The van der Waals surface area contributed by atoms with Crippen LogP contribution in [-0.2, 0) is 37.8 Å². The molecule has 2 fully saturated rings. The molecule has 1 unspecified atom stereocenters. The number of nitrogens with one attached hydrogen (secondary N) is 1. The summed E-state index contributed by atoms with van der Waals surface area (Å²) in [6.45, 7) is 5.55. The first kappa shape index (κ1) is 41.2. The van der Waals surface area contributed by atoms with Gasteiger partial charge in [-0.25, -0.2) is 0 Å². The number of nitro benzene ring substituents is 1. The Balaban J connectivity index is 1.13. The van der Waals surface area contributed by atoms with Crippen molar-refractivity contribution in [3.63, 3.8) is 0 Å². The summed E-state index contributed by atoms with van der Waals surface area (Å²) in [6, 6.07) is 20.0. The fourth-order valence-corrected chi connectivity index (χ4v) is 11.3. The number of aliphatic hydroxyl groups is 5. The molecule has 19 heteroatoms. The van der Waals surface area contributed by atoms with E-state index in [4.69, 9.17) is 9.47 Å². The van der Waals surface area contributed by atoms with E-state index in [9.17, 15) is 50.0 Å². The molecule has 18 nitrogen and oxygen atoms in total. The van der Waals surface area contributed by atoms with Gasteiger partial charge in [0.2, 0.25) is 0 Å². The summed E-state index contributed by atoms with van der Waals surface area (Å²) in [5.41, 5.74) is 0.723. The lowest BCUT2D eigenvalue weighted by Crippen LogP contribution is -2.60. The lowest BCUT2D eigenvalue weighted by molar-refractivity contribution is -0.385. The SMILES string of the molecule is C[C@@H]1[C@@H]([Si](C)(C)O)[C@H](CCn2cc(C(CO)c3ccccc3)nn2)O[C@@]12C(=O)N(Cc1ccc(NC(=O)[C@H]3O[C@@H](O)[C@H](O)[C@@H](O)[C@@H]3O)cc1)c1ccc([N+](=O)[O-])cc12. The summed E-state index contributed by atoms with van der Waals surface area (Å²) in [4.78, 5) is 52.5. The smallest absolute Gasteiger partial charge is 0.269 e.